The number of nitrogens with zero attached hydrogens (tertiary/aromatic N) is 1. The Labute approximate surface area is 130 Å². The first-order valence-corrected chi connectivity index (χ1v) is 7.03. The molecular formula is C11H10BrF3INO2. The molecule has 0 aliphatic heterocycles. The van der Waals surface area contributed by atoms with Gasteiger partial charge in [-0.2, -0.15) is 13.2 Å². The zero-order chi connectivity index (χ0) is 14.6. The van der Waals surface area contributed by atoms with Crippen LogP contribution in [0.1, 0.15) is 10.4 Å². The first-order chi connectivity index (χ1) is 8.74. The number of rotatable bonds is 4. The molecule has 0 spiro atoms. The molecule has 0 atom stereocenters. The van der Waals surface area contributed by atoms with Gasteiger partial charge in [0.1, 0.15) is 6.54 Å². The Bertz CT molecular complexity index is 468. The zero-order valence-corrected chi connectivity index (χ0v) is 13.3. The predicted molar refractivity (Wildman–Crippen MR) is 75.9 cm³/mol. The Morgan fingerprint density at radius 2 is 2.05 bits per heavy atom. The highest BCUT2D eigenvalue weighted by atomic mass is 127. The normalized spacial score (nSPS) is 11.5. The first kappa shape index (κ1) is 16.7. The van der Waals surface area contributed by atoms with Gasteiger partial charge in [-0.05, 0) is 56.7 Å². The number of aliphatic hydroxyl groups is 1. The van der Waals surface area contributed by atoms with Gasteiger partial charge in [-0.25, -0.2) is 0 Å². The lowest BCUT2D eigenvalue weighted by Gasteiger charge is -2.23. The van der Waals surface area contributed by atoms with Crippen LogP contribution in [0.25, 0.3) is 0 Å². The van der Waals surface area contributed by atoms with Crippen LogP contribution in [-0.2, 0) is 0 Å². The molecule has 1 aromatic carbocycles. The van der Waals surface area contributed by atoms with Gasteiger partial charge in [0.2, 0.25) is 0 Å². The SMILES string of the molecule is O=C(c1cc(I)ccc1Br)N(CCO)CC(F)(F)F. The Kier molecular flexibility index (Phi) is 6.06. The van der Waals surface area contributed by atoms with Crippen molar-refractivity contribution >= 4 is 44.4 Å². The van der Waals surface area contributed by atoms with Crippen molar-refractivity contribution in [1.82, 2.24) is 4.90 Å². The standard InChI is InChI=1S/C11H10BrF3INO2/c12-9-2-1-7(16)5-8(9)10(19)17(3-4-18)6-11(13,14)15/h1-2,5,18H,3-4,6H2. The van der Waals surface area contributed by atoms with E-state index >= 15 is 0 Å². The lowest BCUT2D eigenvalue weighted by molar-refractivity contribution is -0.141. The number of carbonyl (C=O) groups excluding carboxylic acids is 1. The Morgan fingerprint density at radius 1 is 1.42 bits per heavy atom. The van der Waals surface area contributed by atoms with Gasteiger partial charge in [0.05, 0.1) is 12.2 Å². The van der Waals surface area contributed by atoms with E-state index in [0.29, 0.717) is 9.37 Å². The highest BCUT2D eigenvalue weighted by Gasteiger charge is 2.33. The number of aliphatic hydroxyl groups excluding tert-OH is 1. The molecule has 1 rings (SSSR count). The highest BCUT2D eigenvalue weighted by molar-refractivity contribution is 14.1. The number of carbonyl (C=O) groups is 1. The van der Waals surface area contributed by atoms with Crippen molar-refractivity contribution in [1.29, 1.82) is 0 Å². The van der Waals surface area contributed by atoms with E-state index in [4.69, 9.17) is 5.11 Å². The smallest absolute Gasteiger partial charge is 0.395 e. The minimum Gasteiger partial charge on any atom is -0.395 e. The summed E-state index contributed by atoms with van der Waals surface area (Å²) < 4.78 is 38.3. The molecule has 0 heterocycles. The van der Waals surface area contributed by atoms with E-state index in [9.17, 15) is 18.0 Å². The van der Waals surface area contributed by atoms with Gasteiger partial charge in [0.15, 0.2) is 0 Å². The number of amides is 1. The summed E-state index contributed by atoms with van der Waals surface area (Å²) in [6.07, 6.45) is -4.50. The van der Waals surface area contributed by atoms with Crippen molar-refractivity contribution in [3.63, 3.8) is 0 Å². The quantitative estimate of drug-likeness (QED) is 0.715. The fourth-order valence-corrected chi connectivity index (χ4v) is 2.33. The third-order valence-corrected chi connectivity index (χ3v) is 3.55. The van der Waals surface area contributed by atoms with Gasteiger partial charge < -0.3 is 10.0 Å². The third kappa shape index (κ3) is 5.27. The fraction of sp³-hybridized carbons (Fsp3) is 0.364. The largest absolute Gasteiger partial charge is 0.406 e. The van der Waals surface area contributed by atoms with Crippen molar-refractivity contribution in [2.45, 2.75) is 6.18 Å². The van der Waals surface area contributed by atoms with E-state index in [-0.39, 0.29) is 12.1 Å². The zero-order valence-electron chi connectivity index (χ0n) is 9.55. The summed E-state index contributed by atoms with van der Waals surface area (Å²) in [7, 11) is 0. The first-order valence-electron chi connectivity index (χ1n) is 5.16. The summed E-state index contributed by atoms with van der Waals surface area (Å²) in [5.74, 6) is -0.767. The van der Waals surface area contributed by atoms with Crippen LogP contribution in [0.3, 0.4) is 0 Å². The second-order valence-corrected chi connectivity index (χ2v) is 5.79. The van der Waals surface area contributed by atoms with Crippen LogP contribution in [-0.4, -0.2) is 41.8 Å². The molecule has 1 aromatic rings. The van der Waals surface area contributed by atoms with E-state index in [2.05, 4.69) is 15.9 Å². The lowest BCUT2D eigenvalue weighted by Crippen LogP contribution is -2.40. The van der Waals surface area contributed by atoms with Gasteiger partial charge >= 0.3 is 6.18 Å². The average molecular weight is 452 g/mol. The van der Waals surface area contributed by atoms with Crippen LogP contribution in [0.5, 0.6) is 0 Å². The molecule has 0 radical (unpaired) electrons. The molecule has 0 aromatic heterocycles. The molecule has 0 aliphatic carbocycles. The van der Waals surface area contributed by atoms with Crippen LogP contribution in [0.2, 0.25) is 0 Å². The van der Waals surface area contributed by atoms with Gasteiger partial charge in [-0.3, -0.25) is 4.79 Å². The number of benzene rings is 1. The second kappa shape index (κ2) is 6.89. The minimum atomic E-state index is -4.50. The van der Waals surface area contributed by atoms with Gasteiger partial charge in [0, 0.05) is 14.6 Å². The molecule has 0 fully saturated rings. The predicted octanol–water partition coefficient (Wildman–Crippen LogP) is 3.05. The fourth-order valence-electron chi connectivity index (χ4n) is 1.42. The molecule has 3 nitrogen and oxygen atoms in total. The summed E-state index contributed by atoms with van der Waals surface area (Å²) in [5, 5.41) is 8.78. The van der Waals surface area contributed by atoms with Crippen LogP contribution < -0.4 is 0 Å². The maximum Gasteiger partial charge on any atom is 0.406 e. The van der Waals surface area contributed by atoms with E-state index in [0.717, 1.165) is 3.57 Å². The Morgan fingerprint density at radius 3 is 2.58 bits per heavy atom. The third-order valence-electron chi connectivity index (χ3n) is 2.19. The molecule has 1 N–H and O–H groups in total. The van der Waals surface area contributed by atoms with Crippen molar-refractivity contribution in [3.05, 3.63) is 31.8 Å². The Hall–Kier alpha value is -0.350. The highest BCUT2D eigenvalue weighted by Crippen LogP contribution is 2.23. The van der Waals surface area contributed by atoms with Crippen LogP contribution in [0, 0.1) is 3.57 Å². The molecule has 1 amide bonds. The molecule has 0 saturated carbocycles. The number of hydrogen-bond acceptors (Lipinski definition) is 2. The summed E-state index contributed by atoms with van der Waals surface area (Å²) in [6, 6.07) is 4.81. The number of hydrogen-bond donors (Lipinski definition) is 1. The minimum absolute atomic E-state index is 0.143. The summed E-state index contributed by atoms with van der Waals surface area (Å²) >= 11 is 5.10. The maximum atomic E-state index is 12.4. The average Bonchev–Trinajstić information content (AvgIpc) is 2.29. The van der Waals surface area contributed by atoms with E-state index in [1.807, 2.05) is 22.6 Å². The van der Waals surface area contributed by atoms with Crippen LogP contribution >= 0.6 is 38.5 Å². The second-order valence-electron chi connectivity index (χ2n) is 3.69. The molecule has 0 aliphatic rings. The number of alkyl halides is 3. The van der Waals surface area contributed by atoms with Crippen molar-refractivity contribution in [2.24, 2.45) is 0 Å². The van der Waals surface area contributed by atoms with Crippen LogP contribution in [0.4, 0.5) is 13.2 Å². The van der Waals surface area contributed by atoms with Crippen molar-refractivity contribution < 1.29 is 23.1 Å². The van der Waals surface area contributed by atoms with E-state index < -0.39 is 25.2 Å². The molecule has 106 valence electrons. The monoisotopic (exact) mass is 451 g/mol. The topological polar surface area (TPSA) is 40.5 Å². The van der Waals surface area contributed by atoms with E-state index in [1.54, 1.807) is 12.1 Å². The lowest BCUT2D eigenvalue weighted by atomic mass is 10.2. The Balaban J connectivity index is 3.02. The molecule has 19 heavy (non-hydrogen) atoms. The maximum absolute atomic E-state index is 12.4. The summed E-state index contributed by atoms with van der Waals surface area (Å²) in [4.78, 5) is 12.6. The van der Waals surface area contributed by atoms with E-state index in [1.165, 1.54) is 6.07 Å². The van der Waals surface area contributed by atoms with Gasteiger partial charge in [-0.1, -0.05) is 0 Å². The van der Waals surface area contributed by atoms with Crippen molar-refractivity contribution in [3.8, 4) is 0 Å². The molecule has 0 bridgehead atoms. The summed E-state index contributed by atoms with van der Waals surface area (Å²) in [5.41, 5.74) is 0.143. The molecular weight excluding hydrogens is 442 g/mol. The molecule has 0 unspecified atom stereocenters. The van der Waals surface area contributed by atoms with Crippen LogP contribution in [0.15, 0.2) is 22.7 Å². The molecule has 8 heteroatoms. The molecule has 0 saturated heterocycles. The number of halogens is 5. The van der Waals surface area contributed by atoms with Gasteiger partial charge in [-0.15, -0.1) is 0 Å². The summed E-state index contributed by atoms with van der Waals surface area (Å²) in [6.45, 7) is -2.27. The van der Waals surface area contributed by atoms with Crippen molar-refractivity contribution in [2.75, 3.05) is 19.7 Å². The van der Waals surface area contributed by atoms with Gasteiger partial charge in [0.25, 0.3) is 5.91 Å².